The standard InChI is InChI=1S/C29H36Cl4N4O2/c1-2-3-4-5-6-7-8-9-10-11-12-13-27(38)34-21-14-15-22(31)25(18-21)35-26-19-28(39)37(36-26)29-23(32)16-20(30)17-24(29)33/h14-19,39H,2-13H2,1H3,(H,34,38)(H,35,36). The molecule has 0 fully saturated rings. The lowest BCUT2D eigenvalue weighted by molar-refractivity contribution is -0.116. The number of halogens is 4. The molecule has 3 aromatic rings. The molecule has 1 amide bonds. The summed E-state index contributed by atoms with van der Waals surface area (Å²) in [7, 11) is 0. The van der Waals surface area contributed by atoms with Crippen LogP contribution >= 0.6 is 46.4 Å². The van der Waals surface area contributed by atoms with Crippen LogP contribution in [-0.4, -0.2) is 20.8 Å². The van der Waals surface area contributed by atoms with Crippen molar-refractivity contribution in [2.45, 2.75) is 84.0 Å². The lowest BCUT2D eigenvalue weighted by Gasteiger charge is -2.11. The van der Waals surface area contributed by atoms with Crippen LogP contribution in [0.25, 0.3) is 5.69 Å². The summed E-state index contributed by atoms with van der Waals surface area (Å²) in [5.41, 5.74) is 1.42. The van der Waals surface area contributed by atoms with Gasteiger partial charge >= 0.3 is 0 Å². The molecule has 0 saturated heterocycles. The maximum absolute atomic E-state index is 12.5. The van der Waals surface area contributed by atoms with E-state index in [0.29, 0.717) is 39.3 Å². The lowest BCUT2D eigenvalue weighted by Crippen LogP contribution is -2.11. The van der Waals surface area contributed by atoms with Gasteiger partial charge in [0.15, 0.2) is 5.82 Å². The molecule has 0 aliphatic rings. The molecule has 3 N–H and O–H groups in total. The van der Waals surface area contributed by atoms with Crippen molar-refractivity contribution in [1.82, 2.24) is 9.78 Å². The summed E-state index contributed by atoms with van der Waals surface area (Å²) in [4.78, 5) is 12.5. The van der Waals surface area contributed by atoms with Gasteiger partial charge in [0.25, 0.3) is 0 Å². The Morgan fingerprint density at radius 2 is 1.41 bits per heavy atom. The van der Waals surface area contributed by atoms with Gasteiger partial charge in [0, 0.05) is 23.2 Å². The molecule has 0 unspecified atom stereocenters. The molecule has 6 nitrogen and oxygen atoms in total. The van der Waals surface area contributed by atoms with Gasteiger partial charge in [-0.25, -0.2) is 0 Å². The van der Waals surface area contributed by atoms with Crippen LogP contribution < -0.4 is 10.6 Å². The zero-order chi connectivity index (χ0) is 28.2. The molecule has 3 rings (SSSR count). The van der Waals surface area contributed by atoms with E-state index in [1.54, 1.807) is 18.2 Å². The van der Waals surface area contributed by atoms with Gasteiger partial charge < -0.3 is 15.7 Å². The minimum atomic E-state index is -0.184. The Morgan fingerprint density at radius 1 is 0.821 bits per heavy atom. The second kappa shape index (κ2) is 16.2. The van der Waals surface area contributed by atoms with Crippen molar-refractivity contribution >= 4 is 69.5 Å². The van der Waals surface area contributed by atoms with Gasteiger partial charge in [0.05, 0.1) is 20.8 Å². The highest BCUT2D eigenvalue weighted by Gasteiger charge is 2.17. The van der Waals surface area contributed by atoms with Crippen LogP contribution in [0.3, 0.4) is 0 Å². The Balaban J connectivity index is 1.47. The largest absolute Gasteiger partial charge is 0.493 e. The maximum Gasteiger partial charge on any atom is 0.224 e. The average Bonchev–Trinajstić information content (AvgIpc) is 3.23. The predicted octanol–water partition coefficient (Wildman–Crippen LogP) is 10.6. The summed E-state index contributed by atoms with van der Waals surface area (Å²) in [6.45, 7) is 2.24. The molecule has 0 spiro atoms. The summed E-state index contributed by atoms with van der Waals surface area (Å²) < 4.78 is 1.20. The Morgan fingerprint density at radius 3 is 2.03 bits per heavy atom. The van der Waals surface area contributed by atoms with Crippen molar-refractivity contribution in [2.24, 2.45) is 0 Å². The first-order valence-corrected chi connectivity index (χ1v) is 15.1. The Bertz CT molecular complexity index is 1210. The van der Waals surface area contributed by atoms with E-state index in [4.69, 9.17) is 46.4 Å². The molecule has 1 heterocycles. The fourth-order valence-corrected chi connectivity index (χ4v) is 5.49. The van der Waals surface area contributed by atoms with E-state index in [1.807, 2.05) is 0 Å². The first kappa shape index (κ1) is 31.4. The molecule has 0 aliphatic carbocycles. The molecule has 39 heavy (non-hydrogen) atoms. The molecule has 0 atom stereocenters. The van der Waals surface area contributed by atoms with Crippen molar-refractivity contribution in [3.63, 3.8) is 0 Å². The Hall–Kier alpha value is -2.12. The third kappa shape index (κ3) is 10.1. The summed E-state index contributed by atoms with van der Waals surface area (Å²) >= 11 is 24.9. The number of amides is 1. The van der Waals surface area contributed by atoms with Crippen LogP contribution in [0.5, 0.6) is 5.88 Å². The number of hydrogen-bond acceptors (Lipinski definition) is 4. The molecule has 0 aliphatic heterocycles. The SMILES string of the molecule is CCCCCCCCCCCCCC(=O)Nc1ccc(Cl)c(Nc2cc(O)n(-c3c(Cl)cc(Cl)cc3Cl)n2)c1. The fourth-order valence-electron chi connectivity index (χ4n) is 4.34. The van der Waals surface area contributed by atoms with Crippen molar-refractivity contribution < 1.29 is 9.90 Å². The molecule has 2 aromatic carbocycles. The number of benzene rings is 2. The van der Waals surface area contributed by atoms with Gasteiger partial charge in [-0.3, -0.25) is 4.79 Å². The first-order valence-electron chi connectivity index (χ1n) is 13.6. The molecule has 1 aromatic heterocycles. The molecule has 0 saturated carbocycles. The number of rotatable bonds is 16. The predicted molar refractivity (Wildman–Crippen MR) is 165 cm³/mol. The number of anilines is 3. The molecule has 10 heteroatoms. The molecular weight excluding hydrogens is 578 g/mol. The van der Waals surface area contributed by atoms with Gasteiger partial charge in [-0.05, 0) is 36.8 Å². The Kier molecular flexibility index (Phi) is 13.1. The van der Waals surface area contributed by atoms with Gasteiger partial charge in [0.1, 0.15) is 5.69 Å². The average molecular weight is 614 g/mol. The number of carbonyl (C=O) groups is 1. The van der Waals surface area contributed by atoms with E-state index >= 15 is 0 Å². The van der Waals surface area contributed by atoms with Gasteiger partial charge in [-0.1, -0.05) is 118 Å². The van der Waals surface area contributed by atoms with E-state index in [9.17, 15) is 9.90 Å². The topological polar surface area (TPSA) is 79.2 Å². The number of hydrogen-bond donors (Lipinski definition) is 3. The van der Waals surface area contributed by atoms with E-state index in [1.165, 1.54) is 80.7 Å². The van der Waals surface area contributed by atoms with Crippen molar-refractivity contribution in [2.75, 3.05) is 10.6 Å². The van der Waals surface area contributed by atoms with Crippen LogP contribution in [0, 0.1) is 0 Å². The zero-order valence-corrected chi connectivity index (χ0v) is 25.2. The number of aromatic nitrogens is 2. The highest BCUT2D eigenvalue weighted by atomic mass is 35.5. The summed E-state index contributed by atoms with van der Waals surface area (Å²) in [5.74, 6) is 0.0882. The van der Waals surface area contributed by atoms with Gasteiger partial charge in [0.2, 0.25) is 11.8 Å². The van der Waals surface area contributed by atoms with Crippen LogP contribution in [0.1, 0.15) is 84.0 Å². The van der Waals surface area contributed by atoms with Crippen LogP contribution in [0.15, 0.2) is 36.4 Å². The number of nitrogens with zero attached hydrogens (tertiary/aromatic N) is 2. The van der Waals surface area contributed by atoms with Crippen molar-refractivity contribution in [3.8, 4) is 11.6 Å². The number of aromatic hydroxyl groups is 1. The van der Waals surface area contributed by atoms with E-state index in [0.717, 1.165) is 12.8 Å². The number of carbonyl (C=O) groups excluding carboxylic acids is 1. The van der Waals surface area contributed by atoms with Gasteiger partial charge in [-0.2, -0.15) is 4.68 Å². The molecule has 0 bridgehead atoms. The second-order valence-electron chi connectivity index (χ2n) is 9.67. The molecule has 212 valence electrons. The normalized spacial score (nSPS) is 11.1. The van der Waals surface area contributed by atoms with Crippen molar-refractivity contribution in [1.29, 1.82) is 0 Å². The first-order chi connectivity index (χ1) is 18.8. The fraction of sp³-hybridized carbons (Fsp3) is 0.448. The summed E-state index contributed by atoms with van der Waals surface area (Å²) in [5, 5.41) is 22.1. The summed E-state index contributed by atoms with van der Waals surface area (Å²) in [6.07, 6.45) is 14.1. The zero-order valence-electron chi connectivity index (χ0n) is 22.2. The highest BCUT2D eigenvalue weighted by molar-refractivity contribution is 6.40. The Labute approximate surface area is 251 Å². The molecule has 0 radical (unpaired) electrons. The third-order valence-corrected chi connectivity index (χ3v) is 7.53. The van der Waals surface area contributed by atoms with Crippen molar-refractivity contribution in [3.05, 3.63) is 56.5 Å². The number of unbranched alkanes of at least 4 members (excludes halogenated alkanes) is 10. The quantitative estimate of drug-likeness (QED) is 0.140. The second-order valence-corrected chi connectivity index (χ2v) is 11.3. The van der Waals surface area contributed by atoms with Crippen LogP contribution in [0.2, 0.25) is 20.1 Å². The third-order valence-electron chi connectivity index (χ3n) is 6.40. The van der Waals surface area contributed by atoms with E-state index in [2.05, 4.69) is 22.7 Å². The lowest BCUT2D eigenvalue weighted by atomic mass is 10.1. The van der Waals surface area contributed by atoms with Crippen LogP contribution in [0.4, 0.5) is 17.2 Å². The minimum Gasteiger partial charge on any atom is -0.493 e. The van der Waals surface area contributed by atoms with E-state index < -0.39 is 0 Å². The minimum absolute atomic E-state index is 0.0341. The highest BCUT2D eigenvalue weighted by Crippen LogP contribution is 2.36. The number of nitrogens with one attached hydrogen (secondary N) is 2. The van der Waals surface area contributed by atoms with Gasteiger partial charge in [-0.15, -0.1) is 5.10 Å². The monoisotopic (exact) mass is 612 g/mol. The summed E-state index contributed by atoms with van der Waals surface area (Å²) in [6, 6.07) is 9.59. The van der Waals surface area contributed by atoms with Crippen LogP contribution in [-0.2, 0) is 4.79 Å². The van der Waals surface area contributed by atoms with E-state index in [-0.39, 0.29) is 21.8 Å². The maximum atomic E-state index is 12.5. The smallest absolute Gasteiger partial charge is 0.224 e. The molecular formula is C29H36Cl4N4O2.